The fourth-order valence-corrected chi connectivity index (χ4v) is 17.1. The van der Waals surface area contributed by atoms with E-state index in [1.54, 1.807) is 0 Å². The van der Waals surface area contributed by atoms with E-state index >= 15 is 0 Å². The molecular weight excluding hydrogens is 1060 g/mol. The average Bonchev–Trinajstić information content (AvgIpc) is 1.97. The Morgan fingerprint density at radius 3 is 1.45 bits per heavy atom. The van der Waals surface area contributed by atoms with E-state index in [2.05, 4.69) is 314 Å². The maximum atomic E-state index is 2.70. The summed E-state index contributed by atoms with van der Waals surface area (Å²) in [5.74, 6) is 0.315. The predicted molar refractivity (Wildman–Crippen MR) is 372 cm³/mol. The molecule has 1 atom stereocenters. The lowest BCUT2D eigenvalue weighted by Crippen LogP contribution is -2.24. The summed E-state index contributed by atoms with van der Waals surface area (Å²) in [5, 5.41) is 4.78. The summed E-state index contributed by atoms with van der Waals surface area (Å²) >= 11 is 0. The van der Waals surface area contributed by atoms with Gasteiger partial charge in [0.1, 0.15) is 0 Å². The summed E-state index contributed by atoms with van der Waals surface area (Å²) < 4.78 is 0. The van der Waals surface area contributed by atoms with Gasteiger partial charge >= 0.3 is 0 Å². The van der Waals surface area contributed by atoms with Crippen molar-refractivity contribution in [2.75, 3.05) is 9.80 Å². The SMILES string of the molecule is CC1(C)C2=CC(N(c3ccc4c(c3)C(C)(C)c3ccccc3-4)c3c4cc(C5=CCCC=C5)ccc4c(N(c4ccc5c(c4)-c4ccccc4C5(C)C)c4ccc5c(c4)C(C)(C)c4ccccc4-5)c4cc(-c5ccccc5)ccc34)=CCC2c2ccccc21. The molecule has 0 saturated carbocycles. The van der Waals surface area contributed by atoms with Crippen molar-refractivity contribution in [3.8, 4) is 44.5 Å². The van der Waals surface area contributed by atoms with Crippen molar-refractivity contribution in [1.29, 1.82) is 0 Å². The van der Waals surface area contributed by atoms with Crippen LogP contribution in [0.15, 0.2) is 260 Å². The van der Waals surface area contributed by atoms with Gasteiger partial charge < -0.3 is 9.80 Å². The van der Waals surface area contributed by atoms with Crippen molar-refractivity contribution in [1.82, 2.24) is 0 Å². The minimum Gasteiger partial charge on any atom is -0.310 e. The standard InChI is InChI=1S/C86H72N2/c1-83(2)76-34-22-18-30-64(76)70-49-57(40-46-77(70)83)87(58-37-43-65-61-27-15-19-31-73(61)84(3,4)78(65)50-58)81-68-41-35-56(54-25-13-10-14-26-54)48-72(68)82(69-42-36-55(47-71(69)81)53-23-11-9-12-24-53)88(59-38-44-66-62-28-16-20-32-74(62)85(5,6)79(66)51-59)60-39-45-67-63-29-17-21-33-75(63)86(7,8)80(67)52-60/h9,11-13,15-44,46-52,67H,10,14,45H2,1-8H3. The Morgan fingerprint density at radius 2 is 0.830 bits per heavy atom. The Hall–Kier alpha value is -9.50. The number of allylic oxidation sites excluding steroid dienone is 7. The van der Waals surface area contributed by atoms with Crippen molar-refractivity contribution in [3.05, 3.63) is 310 Å². The van der Waals surface area contributed by atoms with E-state index in [1.165, 1.54) is 144 Å². The first-order chi connectivity index (χ1) is 42.7. The molecule has 17 rings (SSSR count). The van der Waals surface area contributed by atoms with Gasteiger partial charge in [-0.1, -0.05) is 255 Å². The zero-order valence-electron chi connectivity index (χ0n) is 51.8. The summed E-state index contributed by atoms with van der Waals surface area (Å²) in [4.78, 5) is 5.35. The Labute approximate surface area is 519 Å². The summed E-state index contributed by atoms with van der Waals surface area (Å²) in [5.41, 5.74) is 31.6. The van der Waals surface area contributed by atoms with Gasteiger partial charge in [-0.15, -0.1) is 0 Å². The summed E-state index contributed by atoms with van der Waals surface area (Å²) in [6.07, 6.45) is 15.3. The van der Waals surface area contributed by atoms with Crippen LogP contribution in [-0.2, 0) is 21.7 Å². The minimum atomic E-state index is -0.220. The van der Waals surface area contributed by atoms with Crippen LogP contribution >= 0.6 is 0 Å². The van der Waals surface area contributed by atoms with Gasteiger partial charge in [0, 0.05) is 71.9 Å². The van der Waals surface area contributed by atoms with Gasteiger partial charge in [-0.05, 0) is 174 Å². The fourth-order valence-electron chi connectivity index (χ4n) is 17.1. The fraction of sp³-hybridized carbons (Fsp3) is 0.186. The predicted octanol–water partition coefficient (Wildman–Crippen LogP) is 23.2. The van der Waals surface area contributed by atoms with Gasteiger partial charge in [-0.25, -0.2) is 0 Å². The smallest absolute Gasteiger partial charge is 0.0620 e. The van der Waals surface area contributed by atoms with Crippen LogP contribution in [0.3, 0.4) is 0 Å². The van der Waals surface area contributed by atoms with Crippen LogP contribution in [0.1, 0.15) is 131 Å². The molecule has 2 heteroatoms. The molecule has 0 spiro atoms. The second-order valence-corrected chi connectivity index (χ2v) is 27.8. The molecule has 0 N–H and O–H groups in total. The van der Waals surface area contributed by atoms with E-state index in [4.69, 9.17) is 0 Å². The third kappa shape index (κ3) is 7.54. The molecule has 11 aromatic rings. The highest BCUT2D eigenvalue weighted by atomic mass is 15.2. The van der Waals surface area contributed by atoms with Crippen LogP contribution < -0.4 is 9.80 Å². The van der Waals surface area contributed by atoms with Gasteiger partial charge in [0.05, 0.1) is 11.4 Å². The molecular formula is C86H72N2. The van der Waals surface area contributed by atoms with E-state index in [0.29, 0.717) is 5.92 Å². The molecule has 0 fully saturated rings. The van der Waals surface area contributed by atoms with E-state index in [1.807, 2.05) is 0 Å². The molecule has 0 aliphatic heterocycles. The molecule has 0 saturated heterocycles. The summed E-state index contributed by atoms with van der Waals surface area (Å²) in [7, 11) is 0. The molecule has 11 aromatic carbocycles. The zero-order chi connectivity index (χ0) is 59.6. The average molecular weight is 1130 g/mol. The highest BCUT2D eigenvalue weighted by Crippen LogP contribution is 2.60. The maximum Gasteiger partial charge on any atom is 0.0620 e. The first kappa shape index (κ1) is 52.8. The Kier molecular flexibility index (Phi) is 11.4. The van der Waals surface area contributed by atoms with Gasteiger partial charge in [0.15, 0.2) is 0 Å². The Morgan fingerprint density at radius 1 is 0.341 bits per heavy atom. The van der Waals surface area contributed by atoms with Crippen LogP contribution in [0.5, 0.6) is 0 Å². The molecule has 2 nitrogen and oxygen atoms in total. The largest absolute Gasteiger partial charge is 0.310 e. The highest BCUT2D eigenvalue weighted by molar-refractivity contribution is 6.24. The molecule has 0 radical (unpaired) electrons. The van der Waals surface area contributed by atoms with Crippen LogP contribution in [-0.4, -0.2) is 0 Å². The quantitative estimate of drug-likeness (QED) is 0.111. The molecule has 6 aliphatic rings. The zero-order valence-corrected chi connectivity index (χ0v) is 51.8. The van der Waals surface area contributed by atoms with E-state index in [-0.39, 0.29) is 21.7 Å². The summed E-state index contributed by atoms with van der Waals surface area (Å²) in [6.45, 7) is 19.4. The molecule has 426 valence electrons. The van der Waals surface area contributed by atoms with Crippen LogP contribution in [0, 0.1) is 0 Å². The van der Waals surface area contributed by atoms with Crippen molar-refractivity contribution in [3.63, 3.8) is 0 Å². The number of hydrogen-bond acceptors (Lipinski definition) is 2. The molecule has 1 unspecified atom stereocenters. The molecule has 0 heterocycles. The molecule has 0 amide bonds. The van der Waals surface area contributed by atoms with Crippen molar-refractivity contribution in [2.24, 2.45) is 0 Å². The third-order valence-corrected chi connectivity index (χ3v) is 21.6. The molecule has 88 heavy (non-hydrogen) atoms. The minimum absolute atomic E-state index is 0.151. The number of anilines is 5. The van der Waals surface area contributed by atoms with E-state index in [9.17, 15) is 0 Å². The molecule has 0 bridgehead atoms. The van der Waals surface area contributed by atoms with Crippen molar-refractivity contribution in [2.45, 2.75) is 102 Å². The van der Waals surface area contributed by atoms with Crippen molar-refractivity contribution < 1.29 is 0 Å². The first-order valence-electron chi connectivity index (χ1n) is 32.0. The Balaban J connectivity index is 1.01. The topological polar surface area (TPSA) is 6.48 Å². The van der Waals surface area contributed by atoms with Crippen LogP contribution in [0.25, 0.3) is 71.6 Å². The monoisotopic (exact) mass is 1130 g/mol. The second-order valence-electron chi connectivity index (χ2n) is 27.8. The number of hydrogen-bond donors (Lipinski definition) is 0. The van der Waals surface area contributed by atoms with E-state index < -0.39 is 0 Å². The van der Waals surface area contributed by atoms with Crippen LogP contribution in [0.4, 0.5) is 28.4 Å². The number of benzene rings is 11. The highest BCUT2D eigenvalue weighted by Gasteiger charge is 2.44. The lowest BCUT2D eigenvalue weighted by Gasteiger charge is -2.36. The van der Waals surface area contributed by atoms with E-state index in [0.717, 1.165) is 36.3 Å². The molecule has 0 aromatic heterocycles. The van der Waals surface area contributed by atoms with Gasteiger partial charge in [-0.3, -0.25) is 0 Å². The lowest BCUT2D eigenvalue weighted by atomic mass is 9.78. The van der Waals surface area contributed by atoms with Gasteiger partial charge in [0.2, 0.25) is 0 Å². The number of nitrogens with zero attached hydrogens (tertiary/aromatic N) is 2. The number of rotatable bonds is 8. The van der Waals surface area contributed by atoms with Crippen LogP contribution in [0.2, 0.25) is 0 Å². The maximum absolute atomic E-state index is 2.70. The van der Waals surface area contributed by atoms with Gasteiger partial charge in [-0.2, -0.15) is 0 Å². The normalized spacial score (nSPS) is 17.8. The first-order valence-corrected chi connectivity index (χ1v) is 32.0. The van der Waals surface area contributed by atoms with Crippen molar-refractivity contribution >= 4 is 55.6 Å². The Bertz CT molecular complexity index is 4950. The number of fused-ring (bicyclic) bond motifs is 14. The molecule has 6 aliphatic carbocycles. The van der Waals surface area contributed by atoms with Gasteiger partial charge in [0.25, 0.3) is 0 Å². The lowest BCUT2D eigenvalue weighted by molar-refractivity contribution is 0.609. The summed E-state index contributed by atoms with van der Waals surface area (Å²) in [6, 6.07) is 84.5. The third-order valence-electron chi connectivity index (χ3n) is 21.6. The second kappa shape index (κ2) is 19.0.